The number of carbonyl (C=O) groups is 2. The number of fused-ring (bicyclic) bond motifs is 1. The van der Waals surface area contributed by atoms with E-state index < -0.39 is 18.0 Å². The molecule has 6 nitrogen and oxygen atoms in total. The van der Waals surface area contributed by atoms with E-state index in [1.807, 2.05) is 30.3 Å². The summed E-state index contributed by atoms with van der Waals surface area (Å²) < 4.78 is 0. The first-order chi connectivity index (χ1) is 9.65. The molecule has 0 radical (unpaired) electrons. The van der Waals surface area contributed by atoms with Gasteiger partial charge in [0, 0.05) is 5.39 Å². The molecule has 2 aromatic carbocycles. The number of nitrogens with zero attached hydrogens (tertiary/aromatic N) is 3. The summed E-state index contributed by atoms with van der Waals surface area (Å²) in [6.45, 7) is 1.48. The van der Waals surface area contributed by atoms with E-state index in [-0.39, 0.29) is 0 Å². The number of carbonyl (C=O) groups excluding carboxylic acids is 2. The number of hydrogen-bond acceptors (Lipinski definition) is 4. The van der Waals surface area contributed by atoms with Crippen LogP contribution in [0, 0.1) is 4.91 Å². The zero-order chi connectivity index (χ0) is 14.3. The van der Waals surface area contributed by atoms with Gasteiger partial charge in [-0.05, 0) is 18.4 Å². The van der Waals surface area contributed by atoms with Crippen LogP contribution in [0.1, 0.15) is 6.92 Å². The Morgan fingerprint density at radius 1 is 1.05 bits per heavy atom. The predicted octanol–water partition coefficient (Wildman–Crippen LogP) is 2.68. The predicted molar refractivity (Wildman–Crippen MR) is 73.9 cm³/mol. The van der Waals surface area contributed by atoms with E-state index in [2.05, 4.69) is 5.29 Å². The standard InChI is InChI=1S/C14H11N3O3/c1-9-13(18)16(14(19)17(9)15-20)12-8-4-6-10-5-2-3-7-11(10)12/h2-9H,1H3. The van der Waals surface area contributed by atoms with Crippen LogP contribution >= 0.6 is 0 Å². The summed E-state index contributed by atoms with van der Waals surface area (Å²) in [7, 11) is 0. The van der Waals surface area contributed by atoms with Crippen molar-refractivity contribution >= 4 is 28.4 Å². The maximum Gasteiger partial charge on any atom is 0.355 e. The van der Waals surface area contributed by atoms with Crippen LogP contribution in [0.25, 0.3) is 10.8 Å². The van der Waals surface area contributed by atoms with E-state index in [0.717, 1.165) is 15.7 Å². The van der Waals surface area contributed by atoms with Gasteiger partial charge in [0.2, 0.25) is 0 Å². The van der Waals surface area contributed by atoms with Crippen molar-refractivity contribution in [2.45, 2.75) is 13.0 Å². The van der Waals surface area contributed by atoms with Crippen molar-refractivity contribution in [2.24, 2.45) is 5.29 Å². The highest BCUT2D eigenvalue weighted by atomic mass is 16.3. The minimum atomic E-state index is -0.876. The highest BCUT2D eigenvalue weighted by molar-refractivity contribution is 6.24. The van der Waals surface area contributed by atoms with Crippen molar-refractivity contribution in [1.29, 1.82) is 0 Å². The molecule has 100 valence electrons. The Bertz CT molecular complexity index is 723. The van der Waals surface area contributed by atoms with Gasteiger partial charge in [0.1, 0.15) is 6.04 Å². The molecule has 1 fully saturated rings. The summed E-state index contributed by atoms with van der Waals surface area (Å²) in [5, 5.41) is 4.97. The fraction of sp³-hybridized carbons (Fsp3) is 0.143. The minimum Gasteiger partial charge on any atom is -0.271 e. The van der Waals surface area contributed by atoms with Crippen LogP contribution in [0.4, 0.5) is 10.5 Å². The van der Waals surface area contributed by atoms with Gasteiger partial charge in [-0.15, -0.1) is 4.91 Å². The van der Waals surface area contributed by atoms with Crippen molar-refractivity contribution in [3.05, 3.63) is 47.4 Å². The minimum absolute atomic E-state index is 0.453. The summed E-state index contributed by atoms with van der Waals surface area (Å²) in [4.78, 5) is 36.0. The molecule has 3 amide bonds. The van der Waals surface area contributed by atoms with Gasteiger partial charge in [0.25, 0.3) is 5.91 Å². The zero-order valence-electron chi connectivity index (χ0n) is 10.7. The van der Waals surface area contributed by atoms with Gasteiger partial charge >= 0.3 is 6.03 Å². The van der Waals surface area contributed by atoms with Gasteiger partial charge in [0.05, 0.1) is 11.0 Å². The molecular formula is C14H11N3O3. The van der Waals surface area contributed by atoms with Crippen molar-refractivity contribution in [3.8, 4) is 0 Å². The number of urea groups is 1. The van der Waals surface area contributed by atoms with Crippen LogP contribution in [0.5, 0.6) is 0 Å². The van der Waals surface area contributed by atoms with Crippen LogP contribution in [0.3, 0.4) is 0 Å². The number of amides is 3. The molecule has 0 N–H and O–H groups in total. The lowest BCUT2D eigenvalue weighted by Gasteiger charge is -2.15. The first-order valence-corrected chi connectivity index (χ1v) is 6.13. The molecule has 20 heavy (non-hydrogen) atoms. The molecule has 1 aliphatic rings. The van der Waals surface area contributed by atoms with Crippen LogP contribution in [0.2, 0.25) is 0 Å². The number of hydrogen-bond donors (Lipinski definition) is 0. The monoisotopic (exact) mass is 269 g/mol. The van der Waals surface area contributed by atoms with Crippen molar-refractivity contribution in [2.75, 3.05) is 4.90 Å². The number of anilines is 1. The second-order valence-corrected chi connectivity index (χ2v) is 4.56. The lowest BCUT2D eigenvalue weighted by Crippen LogP contribution is -2.31. The number of nitroso groups, excluding NO2 is 1. The Morgan fingerprint density at radius 3 is 2.45 bits per heavy atom. The Balaban J connectivity index is 2.19. The normalized spacial score (nSPS) is 18.9. The fourth-order valence-electron chi connectivity index (χ4n) is 2.38. The third-order valence-electron chi connectivity index (χ3n) is 3.43. The Hall–Kier alpha value is -2.76. The molecule has 6 heteroatoms. The lowest BCUT2D eigenvalue weighted by molar-refractivity contribution is -0.119. The van der Waals surface area contributed by atoms with Crippen LogP contribution < -0.4 is 4.90 Å². The molecule has 3 rings (SSSR count). The SMILES string of the molecule is CC1C(=O)N(c2cccc3ccccc23)C(=O)N1N=O. The molecule has 2 aromatic rings. The Kier molecular flexibility index (Phi) is 2.71. The summed E-state index contributed by atoms with van der Waals surface area (Å²) in [5.41, 5.74) is 0.469. The third kappa shape index (κ3) is 1.58. The molecule has 1 aliphatic heterocycles. The third-order valence-corrected chi connectivity index (χ3v) is 3.43. The number of imide groups is 1. The highest BCUT2D eigenvalue weighted by Gasteiger charge is 2.45. The quantitative estimate of drug-likeness (QED) is 0.621. The average Bonchev–Trinajstić information content (AvgIpc) is 2.68. The van der Waals surface area contributed by atoms with Gasteiger partial charge in [-0.1, -0.05) is 36.4 Å². The Labute approximate surface area is 114 Å². The van der Waals surface area contributed by atoms with Gasteiger partial charge in [-0.3, -0.25) is 4.79 Å². The lowest BCUT2D eigenvalue weighted by atomic mass is 10.1. The van der Waals surface area contributed by atoms with Crippen molar-refractivity contribution in [3.63, 3.8) is 0 Å². The van der Waals surface area contributed by atoms with Crippen LogP contribution in [-0.4, -0.2) is 23.0 Å². The second kappa shape index (κ2) is 4.41. The largest absolute Gasteiger partial charge is 0.355 e. The zero-order valence-corrected chi connectivity index (χ0v) is 10.7. The van der Waals surface area contributed by atoms with Crippen molar-refractivity contribution < 1.29 is 9.59 Å². The van der Waals surface area contributed by atoms with Gasteiger partial charge in [-0.2, -0.15) is 5.01 Å². The number of benzene rings is 2. The molecule has 0 saturated carbocycles. The Morgan fingerprint density at radius 2 is 1.75 bits per heavy atom. The topological polar surface area (TPSA) is 70.1 Å². The molecule has 0 aromatic heterocycles. The maximum atomic E-state index is 12.2. The summed E-state index contributed by atoms with van der Waals surface area (Å²) >= 11 is 0. The maximum absolute atomic E-state index is 12.2. The van der Waals surface area contributed by atoms with E-state index >= 15 is 0 Å². The molecule has 0 spiro atoms. The summed E-state index contributed by atoms with van der Waals surface area (Å²) in [5.74, 6) is -0.453. The second-order valence-electron chi connectivity index (χ2n) is 4.56. The van der Waals surface area contributed by atoms with Crippen molar-refractivity contribution in [1.82, 2.24) is 5.01 Å². The van der Waals surface area contributed by atoms with E-state index in [0.29, 0.717) is 10.7 Å². The molecule has 0 bridgehead atoms. The number of rotatable bonds is 2. The summed E-state index contributed by atoms with van der Waals surface area (Å²) in [6, 6.07) is 11.2. The molecular weight excluding hydrogens is 258 g/mol. The van der Waals surface area contributed by atoms with E-state index in [1.54, 1.807) is 12.1 Å². The van der Waals surface area contributed by atoms with E-state index in [1.165, 1.54) is 6.92 Å². The van der Waals surface area contributed by atoms with Gasteiger partial charge in [-0.25, -0.2) is 9.69 Å². The smallest absolute Gasteiger partial charge is 0.271 e. The molecule has 1 saturated heterocycles. The first kappa shape index (κ1) is 12.3. The molecule has 1 unspecified atom stereocenters. The van der Waals surface area contributed by atoms with Gasteiger partial charge < -0.3 is 0 Å². The van der Waals surface area contributed by atoms with Crippen LogP contribution in [0.15, 0.2) is 47.8 Å². The molecule has 0 aliphatic carbocycles. The molecule has 1 atom stereocenters. The highest BCUT2D eigenvalue weighted by Crippen LogP contribution is 2.31. The van der Waals surface area contributed by atoms with Crippen LogP contribution in [-0.2, 0) is 4.79 Å². The average molecular weight is 269 g/mol. The van der Waals surface area contributed by atoms with Gasteiger partial charge in [0.15, 0.2) is 0 Å². The van der Waals surface area contributed by atoms with E-state index in [9.17, 15) is 14.5 Å². The summed E-state index contributed by atoms with van der Waals surface area (Å²) in [6.07, 6.45) is 0. The molecule has 1 heterocycles. The fourth-order valence-corrected chi connectivity index (χ4v) is 2.38. The first-order valence-electron chi connectivity index (χ1n) is 6.13. The van der Waals surface area contributed by atoms with E-state index in [4.69, 9.17) is 0 Å².